The molecule has 2 unspecified atom stereocenters. The first-order valence-electron chi connectivity index (χ1n) is 5.83. The third-order valence-corrected chi connectivity index (χ3v) is 3.10. The molecular formula is C11H23ClN2O. The summed E-state index contributed by atoms with van der Waals surface area (Å²) in [6.45, 7) is 10.1. The number of likely N-dealkylation sites (tertiary alicyclic amines) is 1. The van der Waals surface area contributed by atoms with Crippen LogP contribution in [-0.4, -0.2) is 49.8 Å². The predicted octanol–water partition coefficient (Wildman–Crippen LogP) is 1.13. The highest BCUT2D eigenvalue weighted by Gasteiger charge is 2.31. The molecule has 0 aromatic rings. The van der Waals surface area contributed by atoms with Crippen molar-refractivity contribution in [3.8, 4) is 0 Å². The first-order chi connectivity index (χ1) is 6.75. The number of ether oxygens (including phenoxy) is 1. The summed E-state index contributed by atoms with van der Waals surface area (Å²) >= 11 is 0. The van der Waals surface area contributed by atoms with Crippen molar-refractivity contribution >= 4 is 12.4 Å². The average molecular weight is 235 g/mol. The molecule has 0 bridgehead atoms. The molecule has 0 aromatic carbocycles. The SMILES string of the molecule is CC(C)CN1CCC2OCCNC2C1.Cl. The summed E-state index contributed by atoms with van der Waals surface area (Å²) in [5, 5.41) is 3.56. The molecule has 0 saturated carbocycles. The van der Waals surface area contributed by atoms with Crippen LogP contribution >= 0.6 is 12.4 Å². The average Bonchev–Trinajstić information content (AvgIpc) is 2.17. The van der Waals surface area contributed by atoms with Gasteiger partial charge in [-0.3, -0.25) is 0 Å². The van der Waals surface area contributed by atoms with Crippen molar-refractivity contribution in [2.24, 2.45) is 5.92 Å². The van der Waals surface area contributed by atoms with Gasteiger partial charge in [0.2, 0.25) is 0 Å². The lowest BCUT2D eigenvalue weighted by Crippen LogP contribution is -2.58. The zero-order valence-corrected chi connectivity index (χ0v) is 10.6. The minimum absolute atomic E-state index is 0. The molecule has 3 nitrogen and oxygen atoms in total. The molecule has 2 aliphatic rings. The fourth-order valence-corrected chi connectivity index (χ4v) is 2.53. The van der Waals surface area contributed by atoms with Crippen molar-refractivity contribution < 1.29 is 4.74 Å². The molecular weight excluding hydrogens is 212 g/mol. The van der Waals surface area contributed by atoms with Crippen LogP contribution in [0.15, 0.2) is 0 Å². The maximum Gasteiger partial charge on any atom is 0.0753 e. The number of piperidine rings is 1. The van der Waals surface area contributed by atoms with E-state index in [1.54, 1.807) is 0 Å². The minimum Gasteiger partial charge on any atom is -0.375 e. The van der Waals surface area contributed by atoms with E-state index in [9.17, 15) is 0 Å². The zero-order chi connectivity index (χ0) is 9.97. The summed E-state index contributed by atoms with van der Waals surface area (Å²) in [4.78, 5) is 2.56. The van der Waals surface area contributed by atoms with Crippen molar-refractivity contribution in [1.29, 1.82) is 0 Å². The molecule has 2 fully saturated rings. The molecule has 2 rings (SSSR count). The van der Waals surface area contributed by atoms with Gasteiger partial charge in [-0.2, -0.15) is 0 Å². The lowest BCUT2D eigenvalue weighted by molar-refractivity contribution is -0.0444. The normalized spacial score (nSPS) is 32.2. The molecule has 2 atom stereocenters. The second kappa shape index (κ2) is 6.04. The fourth-order valence-electron chi connectivity index (χ4n) is 2.53. The number of rotatable bonds is 2. The maximum atomic E-state index is 5.75. The van der Waals surface area contributed by atoms with Crippen LogP contribution in [0, 0.1) is 5.92 Å². The van der Waals surface area contributed by atoms with E-state index in [0.29, 0.717) is 12.1 Å². The standard InChI is InChI=1S/C11H22N2O.ClH/c1-9(2)7-13-5-3-11-10(8-13)12-4-6-14-11;/h9-12H,3-8H2,1-2H3;1H. The number of hydrogen-bond acceptors (Lipinski definition) is 3. The van der Waals surface area contributed by atoms with Gasteiger partial charge >= 0.3 is 0 Å². The second-order valence-electron chi connectivity index (χ2n) is 4.91. The van der Waals surface area contributed by atoms with Gasteiger partial charge in [0, 0.05) is 32.2 Å². The molecule has 0 amide bonds. The summed E-state index contributed by atoms with van der Waals surface area (Å²) in [7, 11) is 0. The van der Waals surface area contributed by atoms with Gasteiger partial charge in [0.05, 0.1) is 12.7 Å². The largest absolute Gasteiger partial charge is 0.375 e. The van der Waals surface area contributed by atoms with Crippen LogP contribution in [0.1, 0.15) is 20.3 Å². The highest BCUT2D eigenvalue weighted by molar-refractivity contribution is 5.85. The van der Waals surface area contributed by atoms with Crippen LogP contribution in [-0.2, 0) is 4.74 Å². The highest BCUT2D eigenvalue weighted by atomic mass is 35.5. The topological polar surface area (TPSA) is 24.5 Å². The minimum atomic E-state index is 0. The summed E-state index contributed by atoms with van der Waals surface area (Å²) < 4.78 is 5.75. The van der Waals surface area contributed by atoms with Gasteiger partial charge < -0.3 is 15.0 Å². The maximum absolute atomic E-state index is 5.75. The molecule has 0 aliphatic carbocycles. The van der Waals surface area contributed by atoms with E-state index in [1.807, 2.05) is 0 Å². The molecule has 1 N–H and O–H groups in total. The van der Waals surface area contributed by atoms with Crippen LogP contribution in [0.5, 0.6) is 0 Å². The molecule has 2 heterocycles. The lowest BCUT2D eigenvalue weighted by Gasteiger charge is -2.42. The van der Waals surface area contributed by atoms with Gasteiger partial charge in [0.1, 0.15) is 0 Å². The van der Waals surface area contributed by atoms with E-state index in [0.717, 1.165) is 19.1 Å². The Bertz CT molecular complexity index is 189. The monoisotopic (exact) mass is 234 g/mol. The molecule has 2 aliphatic heterocycles. The molecule has 2 saturated heterocycles. The van der Waals surface area contributed by atoms with Gasteiger partial charge in [-0.25, -0.2) is 0 Å². The van der Waals surface area contributed by atoms with E-state index in [1.165, 1.54) is 26.1 Å². The highest BCUT2D eigenvalue weighted by Crippen LogP contribution is 2.17. The first-order valence-corrected chi connectivity index (χ1v) is 5.83. The Kier molecular flexibility index (Phi) is 5.33. The Labute approximate surface area is 99.0 Å². The zero-order valence-electron chi connectivity index (χ0n) is 9.74. The third-order valence-electron chi connectivity index (χ3n) is 3.10. The van der Waals surface area contributed by atoms with Crippen LogP contribution in [0.3, 0.4) is 0 Å². The Balaban J connectivity index is 0.00000112. The summed E-state index contributed by atoms with van der Waals surface area (Å²) in [6.07, 6.45) is 1.68. The molecule has 15 heavy (non-hydrogen) atoms. The molecule has 0 aromatic heterocycles. The summed E-state index contributed by atoms with van der Waals surface area (Å²) in [6, 6.07) is 0.580. The van der Waals surface area contributed by atoms with Crippen LogP contribution in [0.25, 0.3) is 0 Å². The van der Waals surface area contributed by atoms with Crippen molar-refractivity contribution in [1.82, 2.24) is 10.2 Å². The van der Waals surface area contributed by atoms with Crippen LogP contribution < -0.4 is 5.32 Å². The Morgan fingerprint density at radius 2 is 2.27 bits per heavy atom. The number of halogens is 1. The van der Waals surface area contributed by atoms with Crippen molar-refractivity contribution in [2.75, 3.05) is 32.8 Å². The number of fused-ring (bicyclic) bond motifs is 1. The molecule has 90 valence electrons. The second-order valence-corrected chi connectivity index (χ2v) is 4.91. The van der Waals surface area contributed by atoms with Crippen LogP contribution in [0.4, 0.5) is 0 Å². The lowest BCUT2D eigenvalue weighted by atomic mass is 10.00. The van der Waals surface area contributed by atoms with Crippen LogP contribution in [0.2, 0.25) is 0 Å². The molecule has 4 heteroatoms. The number of nitrogens with zero attached hydrogens (tertiary/aromatic N) is 1. The summed E-state index contributed by atoms with van der Waals surface area (Å²) in [5.74, 6) is 0.774. The van der Waals surface area contributed by atoms with Crippen molar-refractivity contribution in [2.45, 2.75) is 32.4 Å². The number of nitrogens with one attached hydrogen (secondary N) is 1. The van der Waals surface area contributed by atoms with Gasteiger partial charge in [0.15, 0.2) is 0 Å². The predicted molar refractivity (Wildman–Crippen MR) is 64.7 cm³/mol. The number of morpholine rings is 1. The van der Waals surface area contributed by atoms with E-state index in [4.69, 9.17) is 4.74 Å². The quantitative estimate of drug-likeness (QED) is 0.775. The van der Waals surface area contributed by atoms with Gasteiger partial charge in [-0.05, 0) is 12.3 Å². The Morgan fingerprint density at radius 1 is 1.47 bits per heavy atom. The molecule has 0 spiro atoms. The van der Waals surface area contributed by atoms with E-state index in [2.05, 4.69) is 24.1 Å². The Morgan fingerprint density at radius 3 is 3.00 bits per heavy atom. The molecule has 0 radical (unpaired) electrons. The van der Waals surface area contributed by atoms with Gasteiger partial charge in [-0.15, -0.1) is 12.4 Å². The van der Waals surface area contributed by atoms with Crippen molar-refractivity contribution in [3.05, 3.63) is 0 Å². The van der Waals surface area contributed by atoms with Gasteiger partial charge in [-0.1, -0.05) is 13.8 Å². The first kappa shape index (κ1) is 13.2. The third kappa shape index (κ3) is 3.59. The smallest absolute Gasteiger partial charge is 0.0753 e. The van der Waals surface area contributed by atoms with E-state index < -0.39 is 0 Å². The summed E-state index contributed by atoms with van der Waals surface area (Å²) in [5.41, 5.74) is 0. The van der Waals surface area contributed by atoms with Crippen molar-refractivity contribution in [3.63, 3.8) is 0 Å². The Hall–Kier alpha value is 0.170. The van der Waals surface area contributed by atoms with Gasteiger partial charge in [0.25, 0.3) is 0 Å². The fraction of sp³-hybridized carbons (Fsp3) is 1.00. The number of hydrogen-bond donors (Lipinski definition) is 1. The van der Waals surface area contributed by atoms with E-state index >= 15 is 0 Å². The van der Waals surface area contributed by atoms with E-state index in [-0.39, 0.29) is 12.4 Å².